The van der Waals surface area contributed by atoms with Crippen molar-refractivity contribution in [3.63, 3.8) is 0 Å². The van der Waals surface area contributed by atoms with Gasteiger partial charge < -0.3 is 20.1 Å². The summed E-state index contributed by atoms with van der Waals surface area (Å²) < 4.78 is 5.12. The molecule has 1 saturated carbocycles. The van der Waals surface area contributed by atoms with Gasteiger partial charge in [-0.15, -0.1) is 0 Å². The number of unbranched alkanes of at least 4 members (excludes halogenated alkanes) is 1. The van der Waals surface area contributed by atoms with Gasteiger partial charge in [-0.3, -0.25) is 9.59 Å². The molecule has 188 valence electrons. The van der Waals surface area contributed by atoms with Crippen molar-refractivity contribution in [2.45, 2.75) is 90.1 Å². The molecule has 34 heavy (non-hydrogen) atoms. The lowest BCUT2D eigenvalue weighted by molar-refractivity contribution is -0.147. The van der Waals surface area contributed by atoms with E-state index < -0.39 is 18.3 Å². The SMILES string of the molecule is CC(=O)c1ccc(CC[C@H](O)/C=C/[C@@H]2[C@@H](C/C=C\CCCC(=O)OC(C)C)[C@@H](O)C[C@H]2O)cc1. The van der Waals surface area contributed by atoms with Crippen molar-refractivity contribution >= 4 is 11.8 Å². The van der Waals surface area contributed by atoms with E-state index in [1.165, 1.54) is 6.92 Å². The number of Topliss-reactive ketones (excluding diaryl/α,β-unsaturated/α-hetero) is 1. The monoisotopic (exact) mass is 472 g/mol. The number of benzene rings is 1. The zero-order valence-electron chi connectivity index (χ0n) is 20.6. The van der Waals surface area contributed by atoms with Crippen LogP contribution >= 0.6 is 0 Å². The molecular formula is C28H40O6. The second-order valence-corrected chi connectivity index (χ2v) is 9.49. The predicted molar refractivity (Wildman–Crippen MR) is 132 cm³/mol. The molecule has 5 atom stereocenters. The molecule has 0 radical (unpaired) electrons. The minimum absolute atomic E-state index is 0.0302. The molecule has 0 bridgehead atoms. The molecule has 0 saturated heterocycles. The number of hydrogen-bond donors (Lipinski definition) is 3. The van der Waals surface area contributed by atoms with E-state index in [1.54, 1.807) is 18.2 Å². The first-order valence-corrected chi connectivity index (χ1v) is 12.3. The first-order chi connectivity index (χ1) is 16.2. The smallest absolute Gasteiger partial charge is 0.306 e. The van der Waals surface area contributed by atoms with Gasteiger partial charge >= 0.3 is 5.97 Å². The molecule has 1 aromatic rings. The number of aryl methyl sites for hydroxylation is 1. The Hall–Kier alpha value is -2.28. The van der Waals surface area contributed by atoms with E-state index in [2.05, 4.69) is 0 Å². The van der Waals surface area contributed by atoms with Crippen LogP contribution in [-0.2, 0) is 16.0 Å². The van der Waals surface area contributed by atoms with E-state index in [9.17, 15) is 24.9 Å². The van der Waals surface area contributed by atoms with Gasteiger partial charge in [0.05, 0.1) is 24.4 Å². The van der Waals surface area contributed by atoms with Crippen LogP contribution in [0.1, 0.15) is 75.2 Å². The predicted octanol–water partition coefficient (Wildman–Crippen LogP) is 4.17. The average Bonchev–Trinajstić information content (AvgIpc) is 3.05. The summed E-state index contributed by atoms with van der Waals surface area (Å²) in [6.07, 6.45) is 9.60. The Labute approximate surface area is 203 Å². The number of ketones is 1. The highest BCUT2D eigenvalue weighted by Gasteiger charge is 2.39. The number of carbonyl (C=O) groups is 2. The fraction of sp³-hybridized carbons (Fsp3) is 0.571. The standard InChI is InChI=1S/C28H40O6/c1-19(2)34-28(33)9-7-5-4-6-8-24-25(27(32)18-26(24)31)17-16-23(30)15-12-21-10-13-22(14-11-21)20(3)29/h4,6,10-11,13-14,16-17,19,23-27,30-32H,5,7-9,12,15,18H2,1-3H3/b6-4-,17-16+/t23-,24+,25+,26-,27+/m0/s1. The summed E-state index contributed by atoms with van der Waals surface area (Å²) in [5.74, 6) is -0.484. The van der Waals surface area contributed by atoms with Crippen LogP contribution in [-0.4, -0.2) is 51.5 Å². The van der Waals surface area contributed by atoms with E-state index in [0.717, 1.165) is 12.0 Å². The molecule has 0 spiro atoms. The van der Waals surface area contributed by atoms with Crippen molar-refractivity contribution in [1.29, 1.82) is 0 Å². The number of hydrogen-bond acceptors (Lipinski definition) is 6. The van der Waals surface area contributed by atoms with Gasteiger partial charge in [0, 0.05) is 24.3 Å². The molecule has 0 aliphatic heterocycles. The summed E-state index contributed by atoms with van der Waals surface area (Å²) in [5.41, 5.74) is 1.72. The lowest BCUT2D eigenvalue weighted by Crippen LogP contribution is -2.20. The van der Waals surface area contributed by atoms with Gasteiger partial charge in [0.2, 0.25) is 0 Å². The van der Waals surface area contributed by atoms with Crippen molar-refractivity contribution in [3.05, 3.63) is 59.7 Å². The number of esters is 1. The summed E-state index contributed by atoms with van der Waals surface area (Å²) in [5, 5.41) is 31.2. The number of allylic oxidation sites excluding steroid dienone is 2. The summed E-state index contributed by atoms with van der Waals surface area (Å²) in [7, 11) is 0. The van der Waals surface area contributed by atoms with Crippen LogP contribution in [0.4, 0.5) is 0 Å². The molecule has 0 amide bonds. The van der Waals surface area contributed by atoms with Gasteiger partial charge in [0.1, 0.15) is 0 Å². The van der Waals surface area contributed by atoms with Crippen molar-refractivity contribution in [2.75, 3.05) is 0 Å². The topological polar surface area (TPSA) is 104 Å². The molecular weight excluding hydrogens is 432 g/mol. The molecule has 0 aromatic heterocycles. The van der Waals surface area contributed by atoms with Crippen LogP contribution < -0.4 is 0 Å². The molecule has 2 rings (SSSR count). The molecule has 1 aliphatic rings. The minimum atomic E-state index is -0.654. The minimum Gasteiger partial charge on any atom is -0.463 e. The van der Waals surface area contributed by atoms with Gasteiger partial charge in [-0.25, -0.2) is 0 Å². The normalized spacial score (nSPS) is 23.7. The van der Waals surface area contributed by atoms with Crippen LogP contribution in [0.5, 0.6) is 0 Å². The molecule has 1 aliphatic carbocycles. The van der Waals surface area contributed by atoms with E-state index in [1.807, 2.05) is 44.2 Å². The zero-order valence-corrected chi connectivity index (χ0v) is 20.6. The maximum atomic E-state index is 11.6. The maximum absolute atomic E-state index is 11.6. The van der Waals surface area contributed by atoms with Gasteiger partial charge in [-0.05, 0) is 64.4 Å². The summed E-state index contributed by atoms with van der Waals surface area (Å²) in [4.78, 5) is 22.9. The zero-order chi connectivity index (χ0) is 25.1. The summed E-state index contributed by atoms with van der Waals surface area (Å²) in [6.45, 7) is 5.20. The van der Waals surface area contributed by atoms with Crippen LogP contribution in [0.2, 0.25) is 0 Å². The Balaban J connectivity index is 1.79. The first kappa shape index (κ1) is 28.0. The third-order valence-electron chi connectivity index (χ3n) is 6.25. The third kappa shape index (κ3) is 9.53. The second-order valence-electron chi connectivity index (χ2n) is 9.49. The van der Waals surface area contributed by atoms with E-state index in [0.29, 0.717) is 44.1 Å². The Morgan fingerprint density at radius 1 is 1.12 bits per heavy atom. The van der Waals surface area contributed by atoms with Crippen LogP contribution in [0.15, 0.2) is 48.6 Å². The number of aliphatic hydroxyl groups is 3. The summed E-state index contributed by atoms with van der Waals surface area (Å²) >= 11 is 0. The molecule has 6 heteroatoms. The third-order valence-corrected chi connectivity index (χ3v) is 6.25. The molecule has 1 fully saturated rings. The number of aliphatic hydroxyl groups excluding tert-OH is 3. The Kier molecular flexibility index (Phi) is 11.7. The van der Waals surface area contributed by atoms with E-state index >= 15 is 0 Å². The summed E-state index contributed by atoms with van der Waals surface area (Å²) in [6, 6.07) is 7.40. The van der Waals surface area contributed by atoms with Gasteiger partial charge in [0.25, 0.3) is 0 Å². The van der Waals surface area contributed by atoms with E-state index in [4.69, 9.17) is 4.74 Å². The lowest BCUT2D eigenvalue weighted by atomic mass is 9.89. The molecule has 6 nitrogen and oxygen atoms in total. The highest BCUT2D eigenvalue weighted by molar-refractivity contribution is 5.94. The molecule has 3 N–H and O–H groups in total. The molecule has 0 heterocycles. The fourth-order valence-corrected chi connectivity index (χ4v) is 4.34. The van der Waals surface area contributed by atoms with Crippen LogP contribution in [0.3, 0.4) is 0 Å². The van der Waals surface area contributed by atoms with E-state index in [-0.39, 0.29) is 29.7 Å². The van der Waals surface area contributed by atoms with Crippen molar-refractivity contribution < 1.29 is 29.6 Å². The van der Waals surface area contributed by atoms with Crippen molar-refractivity contribution in [3.8, 4) is 0 Å². The Morgan fingerprint density at radius 3 is 2.47 bits per heavy atom. The van der Waals surface area contributed by atoms with Gasteiger partial charge in [-0.2, -0.15) is 0 Å². The number of ether oxygens (including phenoxy) is 1. The van der Waals surface area contributed by atoms with Crippen molar-refractivity contribution in [1.82, 2.24) is 0 Å². The largest absolute Gasteiger partial charge is 0.463 e. The van der Waals surface area contributed by atoms with Crippen LogP contribution in [0.25, 0.3) is 0 Å². The lowest BCUT2D eigenvalue weighted by Gasteiger charge is -2.19. The second kappa shape index (κ2) is 14.2. The van der Waals surface area contributed by atoms with Gasteiger partial charge in [0.15, 0.2) is 5.78 Å². The molecule has 1 aromatic carbocycles. The number of carbonyl (C=O) groups excluding carboxylic acids is 2. The Bertz CT molecular complexity index is 826. The maximum Gasteiger partial charge on any atom is 0.306 e. The fourth-order valence-electron chi connectivity index (χ4n) is 4.34. The quantitative estimate of drug-likeness (QED) is 0.172. The van der Waals surface area contributed by atoms with Crippen LogP contribution in [0, 0.1) is 11.8 Å². The molecule has 0 unspecified atom stereocenters. The van der Waals surface area contributed by atoms with Gasteiger partial charge in [-0.1, -0.05) is 48.6 Å². The average molecular weight is 473 g/mol. The Morgan fingerprint density at radius 2 is 1.82 bits per heavy atom. The van der Waals surface area contributed by atoms with Crippen molar-refractivity contribution in [2.24, 2.45) is 11.8 Å². The first-order valence-electron chi connectivity index (χ1n) is 12.3. The number of rotatable bonds is 13. The highest BCUT2D eigenvalue weighted by Crippen LogP contribution is 2.36. The highest BCUT2D eigenvalue weighted by atomic mass is 16.5.